The maximum atomic E-state index is 13.9. The lowest BCUT2D eigenvalue weighted by atomic mass is 9.81. The highest BCUT2D eigenvalue weighted by Crippen LogP contribution is 2.30. The van der Waals surface area contributed by atoms with Gasteiger partial charge in [-0.05, 0) is 48.2 Å². The Morgan fingerprint density at radius 2 is 1.28 bits per heavy atom. The molecule has 0 saturated heterocycles. The number of carbonyl (C=O) groups is 2. The van der Waals surface area contributed by atoms with Gasteiger partial charge in [-0.15, -0.1) is 0 Å². The molecular formula is C28H29N3O4S. The molecule has 0 bridgehead atoms. The van der Waals surface area contributed by atoms with Crippen molar-refractivity contribution in [3.05, 3.63) is 108 Å². The van der Waals surface area contributed by atoms with E-state index >= 15 is 0 Å². The Balaban J connectivity index is 1.53. The van der Waals surface area contributed by atoms with Gasteiger partial charge in [-0.1, -0.05) is 72.8 Å². The van der Waals surface area contributed by atoms with Crippen molar-refractivity contribution < 1.29 is 18.0 Å². The third-order valence-electron chi connectivity index (χ3n) is 6.28. The van der Waals surface area contributed by atoms with Gasteiger partial charge in [-0.3, -0.25) is 9.59 Å². The van der Waals surface area contributed by atoms with Crippen molar-refractivity contribution >= 4 is 27.5 Å². The van der Waals surface area contributed by atoms with Crippen LogP contribution in [0.2, 0.25) is 0 Å². The molecule has 4 rings (SSSR count). The van der Waals surface area contributed by atoms with Gasteiger partial charge in [0, 0.05) is 18.8 Å². The fraction of sp³-hybridized carbons (Fsp3) is 0.214. The summed E-state index contributed by atoms with van der Waals surface area (Å²) in [5.74, 6) is -1.40. The van der Waals surface area contributed by atoms with E-state index in [2.05, 4.69) is 5.32 Å². The second-order valence-corrected chi connectivity index (χ2v) is 10.4. The van der Waals surface area contributed by atoms with Crippen LogP contribution in [0.3, 0.4) is 0 Å². The molecule has 7 nitrogen and oxygen atoms in total. The lowest BCUT2D eigenvalue weighted by molar-refractivity contribution is -0.142. The summed E-state index contributed by atoms with van der Waals surface area (Å²) in [5.41, 5.74) is 2.48. The molecule has 1 aliphatic rings. The van der Waals surface area contributed by atoms with E-state index in [1.165, 1.54) is 24.3 Å². The molecule has 3 aromatic carbocycles. The van der Waals surface area contributed by atoms with Gasteiger partial charge >= 0.3 is 0 Å². The van der Waals surface area contributed by atoms with Crippen molar-refractivity contribution in [3.8, 4) is 0 Å². The second-order valence-electron chi connectivity index (χ2n) is 8.88. The molecule has 0 aliphatic heterocycles. The number of anilines is 1. The number of carbonyl (C=O) groups excluding carboxylic acids is 2. The molecule has 36 heavy (non-hydrogen) atoms. The van der Waals surface area contributed by atoms with Crippen LogP contribution >= 0.6 is 0 Å². The van der Waals surface area contributed by atoms with Crippen LogP contribution in [0.4, 0.5) is 5.69 Å². The zero-order valence-electron chi connectivity index (χ0n) is 19.8. The minimum Gasteiger partial charge on any atom is -0.334 e. The summed E-state index contributed by atoms with van der Waals surface area (Å²) in [6.45, 7) is 0.885. The number of hydrogen-bond donors (Lipinski definition) is 2. The molecule has 0 spiro atoms. The number of nitrogens with one attached hydrogen (secondary N) is 1. The van der Waals surface area contributed by atoms with Gasteiger partial charge in [0.1, 0.15) is 0 Å². The monoisotopic (exact) mass is 503 g/mol. The summed E-state index contributed by atoms with van der Waals surface area (Å²) < 4.78 is 23.0. The minimum absolute atomic E-state index is 0.0355. The summed E-state index contributed by atoms with van der Waals surface area (Å²) in [6.07, 6.45) is 4.80. The van der Waals surface area contributed by atoms with Crippen LogP contribution in [0.5, 0.6) is 0 Å². The Bertz CT molecular complexity index is 1280. The van der Waals surface area contributed by atoms with Crippen molar-refractivity contribution in [2.75, 3.05) is 5.32 Å². The normalized spacial score (nSPS) is 17.4. The van der Waals surface area contributed by atoms with Gasteiger partial charge in [0.2, 0.25) is 21.8 Å². The molecule has 8 heteroatoms. The summed E-state index contributed by atoms with van der Waals surface area (Å²) in [7, 11) is -3.82. The largest absolute Gasteiger partial charge is 0.334 e. The van der Waals surface area contributed by atoms with Crippen molar-refractivity contribution in [1.29, 1.82) is 0 Å². The van der Waals surface area contributed by atoms with Crippen molar-refractivity contribution in [1.82, 2.24) is 4.90 Å². The minimum atomic E-state index is -3.82. The van der Waals surface area contributed by atoms with Gasteiger partial charge in [0.25, 0.3) is 0 Å². The van der Waals surface area contributed by atoms with E-state index in [4.69, 9.17) is 5.14 Å². The predicted molar refractivity (Wildman–Crippen MR) is 139 cm³/mol. The van der Waals surface area contributed by atoms with E-state index in [0.29, 0.717) is 31.6 Å². The van der Waals surface area contributed by atoms with E-state index in [0.717, 1.165) is 11.1 Å². The summed E-state index contributed by atoms with van der Waals surface area (Å²) in [5, 5.41) is 7.98. The molecule has 1 aliphatic carbocycles. The Hall–Kier alpha value is -3.75. The second kappa shape index (κ2) is 11.3. The van der Waals surface area contributed by atoms with Crippen LogP contribution in [0.1, 0.15) is 24.0 Å². The average molecular weight is 504 g/mol. The fourth-order valence-electron chi connectivity index (χ4n) is 4.39. The van der Waals surface area contributed by atoms with E-state index < -0.39 is 21.9 Å². The van der Waals surface area contributed by atoms with Gasteiger partial charge in [-0.2, -0.15) is 0 Å². The first-order valence-corrected chi connectivity index (χ1v) is 13.3. The Labute approximate surface area is 211 Å². The van der Waals surface area contributed by atoms with Crippen LogP contribution in [-0.2, 0) is 32.7 Å². The standard InChI is InChI=1S/C28H29N3O4S/c29-36(34,35)24-17-15-23(16-18-24)30-27(32)25-13-7-8-14-26(25)28(33)31(19-21-9-3-1-4-10-21)20-22-11-5-2-6-12-22/h1-12,15-18,25-26H,13-14,19-20H2,(H,30,32)(H2,29,34,35). The van der Waals surface area contributed by atoms with Gasteiger partial charge in [0.05, 0.1) is 16.7 Å². The van der Waals surface area contributed by atoms with Crippen molar-refractivity contribution in [2.45, 2.75) is 30.8 Å². The lowest BCUT2D eigenvalue weighted by Crippen LogP contribution is -2.42. The average Bonchev–Trinajstić information content (AvgIpc) is 2.89. The van der Waals surface area contributed by atoms with Crippen molar-refractivity contribution in [2.24, 2.45) is 17.0 Å². The number of hydrogen-bond acceptors (Lipinski definition) is 4. The molecular weight excluding hydrogens is 474 g/mol. The third-order valence-corrected chi connectivity index (χ3v) is 7.21. The fourth-order valence-corrected chi connectivity index (χ4v) is 4.91. The highest BCUT2D eigenvalue weighted by molar-refractivity contribution is 7.89. The Morgan fingerprint density at radius 3 is 1.78 bits per heavy atom. The molecule has 2 amide bonds. The highest BCUT2D eigenvalue weighted by atomic mass is 32.2. The third kappa shape index (κ3) is 6.47. The number of rotatable bonds is 8. The molecule has 2 atom stereocenters. The van der Waals surface area contributed by atoms with E-state index in [9.17, 15) is 18.0 Å². The molecule has 3 N–H and O–H groups in total. The molecule has 0 saturated carbocycles. The Kier molecular flexibility index (Phi) is 7.97. The van der Waals surface area contributed by atoms with Crippen LogP contribution in [0.15, 0.2) is 102 Å². The highest BCUT2D eigenvalue weighted by Gasteiger charge is 2.36. The quantitative estimate of drug-likeness (QED) is 0.451. The molecule has 0 heterocycles. The zero-order chi connectivity index (χ0) is 25.5. The van der Waals surface area contributed by atoms with E-state index in [-0.39, 0.29) is 16.7 Å². The molecule has 0 aromatic heterocycles. The van der Waals surface area contributed by atoms with Crippen LogP contribution in [-0.4, -0.2) is 25.1 Å². The van der Waals surface area contributed by atoms with Crippen LogP contribution in [0, 0.1) is 11.8 Å². The molecule has 186 valence electrons. The Morgan fingerprint density at radius 1 is 0.778 bits per heavy atom. The van der Waals surface area contributed by atoms with Gasteiger partial charge in [-0.25, -0.2) is 13.6 Å². The van der Waals surface area contributed by atoms with Crippen LogP contribution < -0.4 is 10.5 Å². The van der Waals surface area contributed by atoms with E-state index in [1.807, 2.05) is 77.7 Å². The van der Waals surface area contributed by atoms with Gasteiger partial charge < -0.3 is 10.2 Å². The first-order valence-electron chi connectivity index (χ1n) is 11.8. The first-order chi connectivity index (χ1) is 17.3. The lowest BCUT2D eigenvalue weighted by Gasteiger charge is -2.32. The first kappa shape index (κ1) is 25.3. The van der Waals surface area contributed by atoms with E-state index in [1.54, 1.807) is 0 Å². The van der Waals surface area contributed by atoms with Crippen LogP contribution in [0.25, 0.3) is 0 Å². The molecule has 3 aromatic rings. The topological polar surface area (TPSA) is 110 Å². The summed E-state index contributed by atoms with van der Waals surface area (Å²) in [6, 6.07) is 25.3. The predicted octanol–water partition coefficient (Wildman–Crippen LogP) is 4.08. The molecule has 0 fully saturated rings. The zero-order valence-corrected chi connectivity index (χ0v) is 20.6. The van der Waals surface area contributed by atoms with Crippen molar-refractivity contribution in [3.63, 3.8) is 0 Å². The number of sulfonamides is 1. The summed E-state index contributed by atoms with van der Waals surface area (Å²) in [4.78, 5) is 28.9. The summed E-state index contributed by atoms with van der Waals surface area (Å²) >= 11 is 0. The van der Waals surface area contributed by atoms with Gasteiger partial charge in [0.15, 0.2) is 0 Å². The maximum Gasteiger partial charge on any atom is 0.238 e. The molecule has 2 unspecified atom stereocenters. The number of nitrogens with zero attached hydrogens (tertiary/aromatic N) is 1. The number of benzene rings is 3. The smallest absolute Gasteiger partial charge is 0.238 e. The SMILES string of the molecule is NS(=O)(=O)c1ccc(NC(=O)C2CC=CCC2C(=O)N(Cc2ccccc2)Cc2ccccc2)cc1. The number of nitrogens with two attached hydrogens (primary N) is 1. The number of primary sulfonamides is 1. The number of amides is 2. The number of allylic oxidation sites excluding steroid dienone is 2. The maximum absolute atomic E-state index is 13.9. The molecule has 0 radical (unpaired) electrons.